The van der Waals surface area contributed by atoms with Crippen molar-refractivity contribution < 1.29 is 4.79 Å². The monoisotopic (exact) mass is 366 g/mol. The van der Waals surface area contributed by atoms with E-state index in [9.17, 15) is 4.79 Å². The molecule has 21 heavy (non-hydrogen) atoms. The van der Waals surface area contributed by atoms with Crippen molar-refractivity contribution in [3.8, 4) is 0 Å². The lowest BCUT2D eigenvalue weighted by Gasteiger charge is -2.11. The van der Waals surface area contributed by atoms with Crippen LogP contribution < -0.4 is 10.6 Å². The number of para-hydroxylation sites is 1. The van der Waals surface area contributed by atoms with Crippen molar-refractivity contribution in [2.75, 3.05) is 17.2 Å². The van der Waals surface area contributed by atoms with Crippen molar-refractivity contribution in [2.45, 2.75) is 13.8 Å². The van der Waals surface area contributed by atoms with Gasteiger partial charge < -0.3 is 10.6 Å². The quantitative estimate of drug-likeness (QED) is 0.817. The molecule has 0 aromatic heterocycles. The fourth-order valence-electron chi connectivity index (χ4n) is 1.99. The Bertz CT molecular complexity index is 650. The van der Waals surface area contributed by atoms with E-state index in [4.69, 9.17) is 11.6 Å². The fraction of sp³-hybridized carbons (Fsp3) is 0.188. The molecule has 0 saturated heterocycles. The van der Waals surface area contributed by atoms with Gasteiger partial charge in [-0.1, -0.05) is 39.7 Å². The highest BCUT2D eigenvalue weighted by atomic mass is 79.9. The number of nitrogens with one attached hydrogen (secondary N) is 2. The van der Waals surface area contributed by atoms with Crippen LogP contribution >= 0.6 is 27.5 Å². The molecule has 0 bridgehead atoms. The molecule has 0 saturated carbocycles. The molecule has 0 unspecified atom stereocenters. The first-order valence-corrected chi connectivity index (χ1v) is 7.69. The number of aryl methyl sites for hydroxylation is 2. The molecule has 0 aliphatic heterocycles. The molecule has 0 atom stereocenters. The second-order valence-corrected chi connectivity index (χ2v) is 6.01. The number of benzene rings is 2. The number of carbonyl (C=O) groups excluding carboxylic acids is 1. The summed E-state index contributed by atoms with van der Waals surface area (Å²) in [4.78, 5) is 11.9. The number of hydrogen-bond donors (Lipinski definition) is 2. The predicted molar refractivity (Wildman–Crippen MR) is 92.2 cm³/mol. The molecule has 5 heteroatoms. The number of rotatable bonds is 4. The van der Waals surface area contributed by atoms with Gasteiger partial charge in [0.25, 0.3) is 0 Å². The first-order chi connectivity index (χ1) is 9.97. The van der Waals surface area contributed by atoms with Gasteiger partial charge in [-0.2, -0.15) is 0 Å². The van der Waals surface area contributed by atoms with Crippen molar-refractivity contribution in [1.29, 1.82) is 0 Å². The number of amides is 1. The fourth-order valence-corrected chi connectivity index (χ4v) is 2.40. The summed E-state index contributed by atoms with van der Waals surface area (Å²) >= 11 is 9.53. The molecule has 2 aromatic rings. The van der Waals surface area contributed by atoms with Crippen LogP contribution in [0.1, 0.15) is 11.1 Å². The van der Waals surface area contributed by atoms with E-state index in [1.54, 1.807) is 12.1 Å². The van der Waals surface area contributed by atoms with Gasteiger partial charge in [0.15, 0.2) is 0 Å². The van der Waals surface area contributed by atoms with Gasteiger partial charge in [0.05, 0.1) is 17.3 Å². The summed E-state index contributed by atoms with van der Waals surface area (Å²) < 4.78 is 1.09. The Labute approximate surface area is 137 Å². The number of hydrogen-bond acceptors (Lipinski definition) is 2. The van der Waals surface area contributed by atoms with E-state index < -0.39 is 0 Å². The lowest BCUT2D eigenvalue weighted by Crippen LogP contribution is -2.22. The van der Waals surface area contributed by atoms with Crippen LogP contribution in [0.4, 0.5) is 11.4 Å². The van der Waals surface area contributed by atoms with Gasteiger partial charge in [0, 0.05) is 10.2 Å². The molecular weight excluding hydrogens is 352 g/mol. The van der Waals surface area contributed by atoms with Crippen molar-refractivity contribution in [3.05, 3.63) is 57.0 Å². The third-order valence-electron chi connectivity index (χ3n) is 3.04. The Hall–Kier alpha value is -1.52. The van der Waals surface area contributed by atoms with E-state index in [1.807, 2.05) is 38.1 Å². The summed E-state index contributed by atoms with van der Waals surface area (Å²) in [7, 11) is 0. The Morgan fingerprint density at radius 2 is 1.81 bits per heavy atom. The number of carbonyl (C=O) groups is 1. The molecule has 1 amide bonds. The number of halogens is 2. The summed E-state index contributed by atoms with van der Waals surface area (Å²) in [5, 5.41) is 6.42. The van der Waals surface area contributed by atoms with Crippen molar-refractivity contribution >= 4 is 44.8 Å². The van der Waals surface area contributed by atoms with Gasteiger partial charge in [0.1, 0.15) is 0 Å². The third kappa shape index (κ3) is 4.22. The maximum absolute atomic E-state index is 11.9. The molecule has 2 aromatic carbocycles. The molecule has 110 valence electrons. The summed E-state index contributed by atoms with van der Waals surface area (Å²) in [5.74, 6) is -0.138. The average molecular weight is 368 g/mol. The standard InChI is InChI=1S/C16H16BrClN2O/c1-10-7-12(8-11(2)16(10)17)19-9-15(21)20-14-6-4-3-5-13(14)18/h3-8,19H,9H2,1-2H3,(H,20,21). The lowest BCUT2D eigenvalue weighted by molar-refractivity contribution is -0.114. The molecule has 0 fully saturated rings. The summed E-state index contributed by atoms with van der Waals surface area (Å²) in [6.07, 6.45) is 0. The third-order valence-corrected chi connectivity index (χ3v) is 4.62. The molecule has 0 heterocycles. The van der Waals surface area contributed by atoms with Crippen LogP contribution in [0, 0.1) is 13.8 Å². The van der Waals surface area contributed by atoms with E-state index in [0.717, 1.165) is 21.3 Å². The second-order valence-electron chi connectivity index (χ2n) is 4.81. The minimum atomic E-state index is -0.138. The summed E-state index contributed by atoms with van der Waals surface area (Å²) in [5.41, 5.74) is 3.80. The zero-order valence-corrected chi connectivity index (χ0v) is 14.2. The molecule has 0 aliphatic carbocycles. The van der Waals surface area contributed by atoms with Crippen LogP contribution in [0.2, 0.25) is 5.02 Å². The van der Waals surface area contributed by atoms with E-state index >= 15 is 0 Å². The molecule has 2 N–H and O–H groups in total. The lowest BCUT2D eigenvalue weighted by atomic mass is 10.1. The zero-order chi connectivity index (χ0) is 15.4. The van der Waals surface area contributed by atoms with Crippen LogP contribution in [0.25, 0.3) is 0 Å². The Morgan fingerprint density at radius 1 is 1.19 bits per heavy atom. The van der Waals surface area contributed by atoms with Crippen LogP contribution in [-0.4, -0.2) is 12.5 Å². The first-order valence-electron chi connectivity index (χ1n) is 6.52. The van der Waals surface area contributed by atoms with Gasteiger partial charge in [-0.15, -0.1) is 0 Å². The largest absolute Gasteiger partial charge is 0.376 e. The normalized spacial score (nSPS) is 10.3. The highest BCUT2D eigenvalue weighted by Crippen LogP contribution is 2.25. The average Bonchev–Trinajstić information content (AvgIpc) is 2.45. The van der Waals surface area contributed by atoms with Gasteiger partial charge >= 0.3 is 0 Å². The van der Waals surface area contributed by atoms with Crippen molar-refractivity contribution in [3.63, 3.8) is 0 Å². The molecule has 2 rings (SSSR count). The van der Waals surface area contributed by atoms with Gasteiger partial charge in [-0.25, -0.2) is 0 Å². The number of anilines is 2. The van der Waals surface area contributed by atoms with Gasteiger partial charge in [0.2, 0.25) is 5.91 Å². The van der Waals surface area contributed by atoms with E-state index in [0.29, 0.717) is 10.7 Å². The molecular formula is C16H16BrClN2O. The van der Waals surface area contributed by atoms with Crippen LogP contribution in [0.3, 0.4) is 0 Å². The molecule has 0 spiro atoms. The minimum Gasteiger partial charge on any atom is -0.376 e. The highest BCUT2D eigenvalue weighted by Gasteiger charge is 2.06. The zero-order valence-electron chi connectivity index (χ0n) is 11.8. The molecule has 3 nitrogen and oxygen atoms in total. The van der Waals surface area contributed by atoms with Gasteiger partial charge in [-0.3, -0.25) is 4.79 Å². The maximum atomic E-state index is 11.9. The van der Waals surface area contributed by atoms with E-state index in [-0.39, 0.29) is 12.5 Å². The predicted octanol–water partition coefficient (Wildman–Crippen LogP) is 4.77. The van der Waals surface area contributed by atoms with Crippen LogP contribution in [0.15, 0.2) is 40.9 Å². The summed E-state index contributed by atoms with van der Waals surface area (Å²) in [6, 6.07) is 11.2. The maximum Gasteiger partial charge on any atom is 0.243 e. The Balaban J connectivity index is 1.97. The molecule has 0 radical (unpaired) electrons. The van der Waals surface area contributed by atoms with E-state index in [1.165, 1.54) is 0 Å². The van der Waals surface area contributed by atoms with Crippen LogP contribution in [-0.2, 0) is 4.79 Å². The van der Waals surface area contributed by atoms with Crippen molar-refractivity contribution in [2.24, 2.45) is 0 Å². The second kappa shape index (κ2) is 6.96. The first kappa shape index (κ1) is 15.9. The van der Waals surface area contributed by atoms with Crippen LogP contribution in [0.5, 0.6) is 0 Å². The molecule has 0 aliphatic rings. The van der Waals surface area contributed by atoms with Gasteiger partial charge in [-0.05, 0) is 49.2 Å². The minimum absolute atomic E-state index is 0.138. The highest BCUT2D eigenvalue weighted by molar-refractivity contribution is 9.10. The summed E-state index contributed by atoms with van der Waals surface area (Å²) in [6.45, 7) is 4.23. The van der Waals surface area contributed by atoms with E-state index in [2.05, 4.69) is 26.6 Å². The topological polar surface area (TPSA) is 41.1 Å². The Kier molecular flexibility index (Phi) is 5.26. The Morgan fingerprint density at radius 3 is 2.43 bits per heavy atom. The van der Waals surface area contributed by atoms with Crippen molar-refractivity contribution in [1.82, 2.24) is 0 Å². The SMILES string of the molecule is Cc1cc(NCC(=O)Nc2ccccc2Cl)cc(C)c1Br. The smallest absolute Gasteiger partial charge is 0.243 e.